The second-order valence-corrected chi connectivity index (χ2v) is 6.29. The normalized spacial score (nSPS) is 11.9. The van der Waals surface area contributed by atoms with Gasteiger partial charge in [-0.05, 0) is 43.2 Å². The van der Waals surface area contributed by atoms with Gasteiger partial charge in [-0.3, -0.25) is 4.79 Å². The Kier molecular flexibility index (Phi) is 6.17. The van der Waals surface area contributed by atoms with Crippen molar-refractivity contribution < 1.29 is 9.53 Å². The highest BCUT2D eigenvalue weighted by atomic mass is 35.5. The van der Waals surface area contributed by atoms with Gasteiger partial charge in [-0.2, -0.15) is 0 Å². The van der Waals surface area contributed by atoms with Crippen molar-refractivity contribution in [1.29, 1.82) is 0 Å². The first-order valence-electron chi connectivity index (χ1n) is 7.09. The number of aryl methyl sites for hydroxylation is 1. The zero-order valence-corrected chi connectivity index (χ0v) is 15.0. The Hall–Kier alpha value is -1.42. The second-order valence-electron chi connectivity index (χ2n) is 5.07. The molecule has 0 saturated heterocycles. The molecule has 2 aromatic carbocycles. The lowest BCUT2D eigenvalue weighted by Crippen LogP contribution is -2.32. The van der Waals surface area contributed by atoms with Gasteiger partial charge in [0, 0.05) is 0 Å². The van der Waals surface area contributed by atoms with Crippen molar-refractivity contribution in [3.8, 4) is 5.75 Å². The zero-order valence-electron chi connectivity index (χ0n) is 12.7. The molecule has 1 atom stereocenters. The summed E-state index contributed by atoms with van der Waals surface area (Å²) in [4.78, 5) is 12.4. The van der Waals surface area contributed by atoms with Crippen LogP contribution in [-0.4, -0.2) is 12.0 Å². The molecule has 2 rings (SSSR count). The number of hydrogen-bond donors (Lipinski definition) is 1. The minimum Gasteiger partial charge on any atom is -0.481 e. The number of anilines is 1. The summed E-state index contributed by atoms with van der Waals surface area (Å²) in [7, 11) is 0. The molecule has 0 saturated carbocycles. The molecule has 23 heavy (non-hydrogen) atoms. The highest BCUT2D eigenvalue weighted by molar-refractivity contribution is 6.44. The number of nitrogens with one attached hydrogen (secondary N) is 1. The molecule has 0 spiro atoms. The van der Waals surface area contributed by atoms with Crippen molar-refractivity contribution in [2.75, 3.05) is 5.32 Å². The number of ether oxygens (including phenoxy) is 1. The second kappa shape index (κ2) is 7.91. The van der Waals surface area contributed by atoms with Crippen LogP contribution in [0.25, 0.3) is 0 Å². The monoisotopic (exact) mass is 371 g/mol. The maximum Gasteiger partial charge on any atom is 0.265 e. The summed E-state index contributed by atoms with van der Waals surface area (Å²) in [6.07, 6.45) is -0.124. The fourth-order valence-electron chi connectivity index (χ4n) is 2.01. The topological polar surface area (TPSA) is 38.3 Å². The van der Waals surface area contributed by atoms with Crippen LogP contribution in [0.3, 0.4) is 0 Å². The summed E-state index contributed by atoms with van der Waals surface area (Å²) >= 11 is 17.9. The third-order valence-corrected chi connectivity index (χ3v) is 4.23. The number of carbonyl (C=O) groups is 1. The molecule has 1 N–H and O–H groups in total. The van der Waals surface area contributed by atoms with Crippen molar-refractivity contribution in [1.82, 2.24) is 0 Å². The van der Waals surface area contributed by atoms with Gasteiger partial charge in [0.25, 0.3) is 5.91 Å². The zero-order chi connectivity index (χ0) is 17.0. The summed E-state index contributed by atoms with van der Waals surface area (Å²) in [6, 6.07) is 10.5. The summed E-state index contributed by atoms with van der Waals surface area (Å²) in [5.74, 6) is 0.349. The van der Waals surface area contributed by atoms with E-state index in [0.717, 1.165) is 5.56 Å². The van der Waals surface area contributed by atoms with Crippen LogP contribution >= 0.6 is 34.8 Å². The van der Waals surface area contributed by atoms with Crippen LogP contribution in [-0.2, 0) is 4.79 Å². The van der Waals surface area contributed by atoms with Crippen molar-refractivity contribution in [2.24, 2.45) is 0 Å². The molecule has 0 aliphatic heterocycles. The van der Waals surface area contributed by atoms with E-state index in [2.05, 4.69) is 5.32 Å². The van der Waals surface area contributed by atoms with E-state index in [1.54, 1.807) is 0 Å². The van der Waals surface area contributed by atoms with Gasteiger partial charge in [0.05, 0.1) is 20.8 Å². The molecule has 1 amide bonds. The Balaban J connectivity index is 2.13. The van der Waals surface area contributed by atoms with Gasteiger partial charge in [-0.15, -0.1) is 0 Å². The highest BCUT2D eigenvalue weighted by Crippen LogP contribution is 2.32. The first kappa shape index (κ1) is 17.9. The number of carbonyl (C=O) groups excluding carboxylic acids is 1. The van der Waals surface area contributed by atoms with Crippen molar-refractivity contribution in [2.45, 2.75) is 26.4 Å². The molecule has 3 nitrogen and oxygen atoms in total. The molecule has 2 aromatic rings. The Morgan fingerprint density at radius 2 is 1.83 bits per heavy atom. The van der Waals surface area contributed by atoms with Gasteiger partial charge >= 0.3 is 0 Å². The van der Waals surface area contributed by atoms with Crippen LogP contribution < -0.4 is 10.1 Å². The molecule has 6 heteroatoms. The molecule has 0 unspecified atom stereocenters. The van der Waals surface area contributed by atoms with E-state index in [9.17, 15) is 4.79 Å². The van der Waals surface area contributed by atoms with E-state index in [0.29, 0.717) is 32.9 Å². The third kappa shape index (κ3) is 4.77. The predicted octanol–water partition coefficient (Wildman–Crippen LogP) is 5.75. The van der Waals surface area contributed by atoms with Crippen LogP contribution in [0, 0.1) is 6.92 Å². The van der Waals surface area contributed by atoms with E-state index in [4.69, 9.17) is 39.5 Å². The molecule has 0 bridgehead atoms. The van der Waals surface area contributed by atoms with Crippen LogP contribution in [0.2, 0.25) is 15.1 Å². The van der Waals surface area contributed by atoms with Gasteiger partial charge in [0.2, 0.25) is 0 Å². The molecule has 122 valence electrons. The maximum atomic E-state index is 12.4. The Bertz CT molecular complexity index is 719. The van der Waals surface area contributed by atoms with Gasteiger partial charge in [-0.25, -0.2) is 0 Å². The van der Waals surface area contributed by atoms with Crippen LogP contribution in [0.4, 0.5) is 5.69 Å². The molecular weight excluding hydrogens is 357 g/mol. The molecule has 0 aliphatic rings. The number of rotatable bonds is 5. The fraction of sp³-hybridized carbons (Fsp3) is 0.235. The van der Waals surface area contributed by atoms with Crippen molar-refractivity contribution >= 4 is 46.4 Å². The van der Waals surface area contributed by atoms with Gasteiger partial charge in [0.15, 0.2) is 6.10 Å². The van der Waals surface area contributed by atoms with Crippen LogP contribution in [0.15, 0.2) is 36.4 Å². The number of amides is 1. The standard InChI is InChI=1S/C17H16Cl3NO2/c1-3-16(23-11-6-4-5-10(2)7-11)17(22)21-15-9-13(19)12(18)8-14(15)20/h4-9,16H,3H2,1-2H3,(H,21,22)/t16-/m1/s1. The van der Waals surface area contributed by atoms with Crippen LogP contribution in [0.1, 0.15) is 18.9 Å². The quantitative estimate of drug-likeness (QED) is 0.678. The summed E-state index contributed by atoms with van der Waals surface area (Å²) in [6.45, 7) is 3.83. The number of hydrogen-bond acceptors (Lipinski definition) is 2. The van der Waals surface area contributed by atoms with Gasteiger partial charge in [-0.1, -0.05) is 53.9 Å². The van der Waals surface area contributed by atoms with Gasteiger partial charge in [0.1, 0.15) is 5.75 Å². The average molecular weight is 373 g/mol. The minimum atomic E-state index is -0.637. The molecule has 0 heterocycles. The Labute approximate surface area is 150 Å². The SMILES string of the molecule is CC[C@@H](Oc1cccc(C)c1)C(=O)Nc1cc(Cl)c(Cl)cc1Cl. The average Bonchev–Trinajstić information content (AvgIpc) is 2.50. The summed E-state index contributed by atoms with van der Waals surface area (Å²) in [5.41, 5.74) is 1.46. The smallest absolute Gasteiger partial charge is 0.265 e. The summed E-state index contributed by atoms with van der Waals surface area (Å²) < 4.78 is 5.76. The van der Waals surface area contributed by atoms with E-state index in [-0.39, 0.29) is 5.91 Å². The minimum absolute atomic E-state index is 0.297. The fourth-order valence-corrected chi connectivity index (χ4v) is 2.60. The molecule has 0 radical (unpaired) electrons. The Morgan fingerprint density at radius 3 is 2.48 bits per heavy atom. The van der Waals surface area contributed by atoms with E-state index >= 15 is 0 Å². The van der Waals surface area contributed by atoms with Crippen molar-refractivity contribution in [3.05, 3.63) is 57.0 Å². The van der Waals surface area contributed by atoms with E-state index in [1.807, 2.05) is 38.1 Å². The van der Waals surface area contributed by atoms with Crippen molar-refractivity contribution in [3.63, 3.8) is 0 Å². The first-order chi connectivity index (χ1) is 10.9. The molecular formula is C17H16Cl3NO2. The number of halogens is 3. The first-order valence-corrected chi connectivity index (χ1v) is 8.22. The molecule has 0 aromatic heterocycles. The van der Waals surface area contributed by atoms with E-state index in [1.165, 1.54) is 12.1 Å². The molecule has 0 aliphatic carbocycles. The lowest BCUT2D eigenvalue weighted by molar-refractivity contribution is -0.122. The predicted molar refractivity (Wildman–Crippen MR) is 96.0 cm³/mol. The van der Waals surface area contributed by atoms with Crippen LogP contribution in [0.5, 0.6) is 5.75 Å². The molecule has 0 fully saturated rings. The van der Waals surface area contributed by atoms with E-state index < -0.39 is 6.10 Å². The third-order valence-electron chi connectivity index (χ3n) is 3.20. The van der Waals surface area contributed by atoms with Gasteiger partial charge < -0.3 is 10.1 Å². The lowest BCUT2D eigenvalue weighted by Gasteiger charge is -2.18. The number of benzene rings is 2. The lowest BCUT2D eigenvalue weighted by atomic mass is 10.2. The summed E-state index contributed by atoms with van der Waals surface area (Å²) in [5, 5.41) is 3.69. The highest BCUT2D eigenvalue weighted by Gasteiger charge is 2.20. The largest absolute Gasteiger partial charge is 0.481 e. The Morgan fingerprint density at radius 1 is 1.13 bits per heavy atom. The maximum absolute atomic E-state index is 12.4.